The third-order valence-electron chi connectivity index (χ3n) is 2.53. The Hall–Kier alpha value is -1.97. The van der Waals surface area contributed by atoms with Gasteiger partial charge in [-0.15, -0.1) is 6.58 Å². The average Bonchev–Trinajstić information content (AvgIpc) is 2.37. The summed E-state index contributed by atoms with van der Waals surface area (Å²) < 4.78 is 10.5. The summed E-state index contributed by atoms with van der Waals surface area (Å²) in [6.45, 7) is 10.2. The molecule has 0 aliphatic carbocycles. The van der Waals surface area contributed by atoms with Crippen LogP contribution in [0.2, 0.25) is 0 Å². The summed E-state index contributed by atoms with van der Waals surface area (Å²) >= 11 is 0. The van der Waals surface area contributed by atoms with Gasteiger partial charge in [0.05, 0.1) is 7.11 Å². The molecule has 0 saturated heterocycles. The van der Waals surface area contributed by atoms with Crippen molar-refractivity contribution in [3.05, 3.63) is 42.5 Å². The molecule has 4 heteroatoms. The van der Waals surface area contributed by atoms with Crippen molar-refractivity contribution in [1.82, 2.24) is 4.90 Å². The molecule has 0 heterocycles. The van der Waals surface area contributed by atoms with E-state index in [1.165, 1.54) is 0 Å². The molecular formula is C16H23NO3. The van der Waals surface area contributed by atoms with Gasteiger partial charge in [-0.1, -0.05) is 18.2 Å². The molecule has 0 aromatic heterocycles. The summed E-state index contributed by atoms with van der Waals surface area (Å²) in [6, 6.07) is 7.60. The van der Waals surface area contributed by atoms with E-state index in [0.29, 0.717) is 13.1 Å². The fraction of sp³-hybridized carbons (Fsp3) is 0.438. The highest BCUT2D eigenvalue weighted by Gasteiger charge is 2.21. The minimum atomic E-state index is -0.504. The summed E-state index contributed by atoms with van der Waals surface area (Å²) in [7, 11) is 1.62. The maximum Gasteiger partial charge on any atom is 0.410 e. The summed E-state index contributed by atoms with van der Waals surface area (Å²) in [4.78, 5) is 13.7. The molecule has 0 unspecified atom stereocenters. The Balaban J connectivity index is 2.75. The van der Waals surface area contributed by atoms with Crippen molar-refractivity contribution in [3.63, 3.8) is 0 Å². The monoisotopic (exact) mass is 277 g/mol. The van der Waals surface area contributed by atoms with E-state index in [4.69, 9.17) is 9.47 Å². The molecule has 0 fully saturated rings. The van der Waals surface area contributed by atoms with Gasteiger partial charge in [0.25, 0.3) is 0 Å². The first-order chi connectivity index (χ1) is 9.35. The molecule has 0 bridgehead atoms. The molecule has 0 N–H and O–H groups in total. The van der Waals surface area contributed by atoms with Gasteiger partial charge in [0.1, 0.15) is 11.4 Å². The van der Waals surface area contributed by atoms with Crippen LogP contribution < -0.4 is 4.74 Å². The van der Waals surface area contributed by atoms with Crippen molar-refractivity contribution >= 4 is 6.09 Å². The number of hydrogen-bond donors (Lipinski definition) is 0. The van der Waals surface area contributed by atoms with Gasteiger partial charge in [-0.2, -0.15) is 0 Å². The smallest absolute Gasteiger partial charge is 0.410 e. The molecule has 0 aliphatic heterocycles. The molecule has 0 aliphatic rings. The van der Waals surface area contributed by atoms with Crippen LogP contribution in [0.4, 0.5) is 4.79 Å². The van der Waals surface area contributed by atoms with E-state index in [-0.39, 0.29) is 6.09 Å². The van der Waals surface area contributed by atoms with Crippen molar-refractivity contribution < 1.29 is 14.3 Å². The van der Waals surface area contributed by atoms with Gasteiger partial charge in [-0.3, -0.25) is 0 Å². The van der Waals surface area contributed by atoms with Crippen molar-refractivity contribution in [2.45, 2.75) is 32.9 Å². The van der Waals surface area contributed by atoms with Gasteiger partial charge in [0.15, 0.2) is 0 Å². The first kappa shape index (κ1) is 16.1. The second-order valence-corrected chi connectivity index (χ2v) is 5.50. The van der Waals surface area contributed by atoms with Crippen LogP contribution in [0.25, 0.3) is 0 Å². The molecule has 1 aromatic rings. The Morgan fingerprint density at radius 1 is 1.30 bits per heavy atom. The first-order valence-corrected chi connectivity index (χ1v) is 6.57. The number of carbonyl (C=O) groups is 1. The molecule has 110 valence electrons. The van der Waals surface area contributed by atoms with E-state index < -0.39 is 5.60 Å². The number of carbonyl (C=O) groups excluding carboxylic acids is 1. The third kappa shape index (κ3) is 5.34. The minimum Gasteiger partial charge on any atom is -0.497 e. The van der Waals surface area contributed by atoms with E-state index in [1.807, 2.05) is 45.0 Å². The highest BCUT2D eigenvalue weighted by molar-refractivity contribution is 5.68. The van der Waals surface area contributed by atoms with E-state index in [9.17, 15) is 4.79 Å². The first-order valence-electron chi connectivity index (χ1n) is 6.57. The lowest BCUT2D eigenvalue weighted by Gasteiger charge is -2.26. The Kier molecular flexibility index (Phi) is 5.62. The molecule has 0 saturated carbocycles. The van der Waals surface area contributed by atoms with Gasteiger partial charge in [0, 0.05) is 13.1 Å². The SMILES string of the molecule is C=CCN(Cc1ccc(OC)cc1)C(=O)OC(C)(C)C. The van der Waals surface area contributed by atoms with E-state index >= 15 is 0 Å². The van der Waals surface area contributed by atoms with Gasteiger partial charge >= 0.3 is 6.09 Å². The Morgan fingerprint density at radius 2 is 1.90 bits per heavy atom. The summed E-state index contributed by atoms with van der Waals surface area (Å²) in [6.07, 6.45) is 1.35. The van der Waals surface area contributed by atoms with Crippen molar-refractivity contribution in [2.75, 3.05) is 13.7 Å². The number of methoxy groups -OCH3 is 1. The molecule has 0 spiro atoms. The lowest BCUT2D eigenvalue weighted by atomic mass is 10.2. The Bertz CT molecular complexity index is 446. The number of ether oxygens (including phenoxy) is 2. The zero-order valence-corrected chi connectivity index (χ0v) is 12.7. The van der Waals surface area contributed by atoms with E-state index in [2.05, 4.69) is 6.58 Å². The van der Waals surface area contributed by atoms with Gasteiger partial charge < -0.3 is 14.4 Å². The quantitative estimate of drug-likeness (QED) is 0.772. The number of benzene rings is 1. The van der Waals surface area contributed by atoms with Crippen molar-refractivity contribution in [2.24, 2.45) is 0 Å². The second-order valence-electron chi connectivity index (χ2n) is 5.50. The summed E-state index contributed by atoms with van der Waals surface area (Å²) in [5.74, 6) is 0.793. The van der Waals surface area contributed by atoms with E-state index in [0.717, 1.165) is 11.3 Å². The molecule has 1 aromatic carbocycles. The predicted molar refractivity (Wildman–Crippen MR) is 79.8 cm³/mol. The normalized spacial score (nSPS) is 10.8. The van der Waals surface area contributed by atoms with E-state index in [1.54, 1.807) is 18.1 Å². The lowest BCUT2D eigenvalue weighted by molar-refractivity contribution is 0.0257. The molecule has 1 rings (SSSR count). The standard InChI is InChI=1S/C16H23NO3/c1-6-11-17(15(18)20-16(2,3)4)12-13-7-9-14(19-5)10-8-13/h6-10H,1,11-12H2,2-5H3. The van der Waals surface area contributed by atoms with Crippen molar-refractivity contribution in [3.8, 4) is 5.75 Å². The largest absolute Gasteiger partial charge is 0.497 e. The van der Waals surface area contributed by atoms with Crippen LogP contribution in [0.15, 0.2) is 36.9 Å². The number of rotatable bonds is 5. The zero-order chi connectivity index (χ0) is 15.2. The molecule has 0 radical (unpaired) electrons. The molecule has 1 amide bonds. The fourth-order valence-corrected chi connectivity index (χ4v) is 1.64. The minimum absolute atomic E-state index is 0.340. The zero-order valence-electron chi connectivity index (χ0n) is 12.7. The van der Waals surface area contributed by atoms with Crippen LogP contribution in [-0.4, -0.2) is 30.2 Å². The number of nitrogens with zero attached hydrogens (tertiary/aromatic N) is 1. The number of amides is 1. The fourth-order valence-electron chi connectivity index (χ4n) is 1.64. The van der Waals surface area contributed by atoms with Crippen LogP contribution in [0, 0.1) is 0 Å². The number of hydrogen-bond acceptors (Lipinski definition) is 3. The molecule has 20 heavy (non-hydrogen) atoms. The lowest BCUT2D eigenvalue weighted by Crippen LogP contribution is -2.36. The Labute approximate surface area is 121 Å². The van der Waals surface area contributed by atoms with Crippen molar-refractivity contribution in [1.29, 1.82) is 0 Å². The Morgan fingerprint density at radius 3 is 2.35 bits per heavy atom. The average molecular weight is 277 g/mol. The second kappa shape index (κ2) is 6.98. The highest BCUT2D eigenvalue weighted by atomic mass is 16.6. The van der Waals surface area contributed by atoms with Crippen LogP contribution in [0.5, 0.6) is 5.75 Å². The third-order valence-corrected chi connectivity index (χ3v) is 2.53. The summed E-state index contributed by atoms with van der Waals surface area (Å²) in [5.41, 5.74) is 0.509. The summed E-state index contributed by atoms with van der Waals surface area (Å²) in [5, 5.41) is 0. The predicted octanol–water partition coefficient (Wildman–Crippen LogP) is 3.62. The van der Waals surface area contributed by atoms with Gasteiger partial charge in [0.2, 0.25) is 0 Å². The maximum absolute atomic E-state index is 12.1. The van der Waals surface area contributed by atoms with Crippen LogP contribution in [-0.2, 0) is 11.3 Å². The van der Waals surface area contributed by atoms with Gasteiger partial charge in [-0.05, 0) is 38.5 Å². The van der Waals surface area contributed by atoms with Gasteiger partial charge in [-0.25, -0.2) is 4.79 Å². The van der Waals surface area contributed by atoms with Crippen LogP contribution in [0.1, 0.15) is 26.3 Å². The topological polar surface area (TPSA) is 38.8 Å². The van der Waals surface area contributed by atoms with Crippen LogP contribution in [0.3, 0.4) is 0 Å². The highest BCUT2D eigenvalue weighted by Crippen LogP contribution is 2.15. The molecule has 0 atom stereocenters. The maximum atomic E-state index is 12.1. The van der Waals surface area contributed by atoms with Crippen LogP contribution >= 0.6 is 0 Å². The molecule has 4 nitrogen and oxygen atoms in total. The molecular weight excluding hydrogens is 254 g/mol.